The molecule has 0 aliphatic rings. The minimum absolute atomic E-state index is 0.140. The molecule has 0 aliphatic heterocycles. The van der Waals surface area contributed by atoms with Crippen molar-refractivity contribution < 1.29 is 23.5 Å². The molecule has 0 unspecified atom stereocenters. The average Bonchev–Trinajstić information content (AvgIpc) is 2.92. The van der Waals surface area contributed by atoms with Gasteiger partial charge < -0.3 is 20.1 Å². The van der Waals surface area contributed by atoms with Gasteiger partial charge in [-0.2, -0.15) is 0 Å². The second-order valence-electron chi connectivity index (χ2n) is 5.28. The molecule has 0 radical (unpaired) electrons. The Balaban J connectivity index is 2.32. The van der Waals surface area contributed by atoms with Gasteiger partial charge >= 0.3 is 11.9 Å². The summed E-state index contributed by atoms with van der Waals surface area (Å²) < 4.78 is 22.9. The number of anilines is 2. The lowest BCUT2D eigenvalue weighted by atomic mass is 10.1. The highest BCUT2D eigenvalue weighted by atomic mass is 32.1. The van der Waals surface area contributed by atoms with Crippen LogP contribution in [0.2, 0.25) is 0 Å². The number of benzene rings is 1. The number of methoxy groups -OCH3 is 2. The first-order valence-electron chi connectivity index (χ1n) is 7.42. The van der Waals surface area contributed by atoms with Gasteiger partial charge in [0.1, 0.15) is 15.7 Å². The van der Waals surface area contributed by atoms with Gasteiger partial charge in [0.2, 0.25) is 0 Å². The maximum Gasteiger partial charge on any atom is 0.348 e. The first-order valence-corrected chi connectivity index (χ1v) is 8.65. The van der Waals surface area contributed by atoms with Crippen LogP contribution in [0.5, 0.6) is 0 Å². The summed E-state index contributed by atoms with van der Waals surface area (Å²) in [5.41, 5.74) is 1.91. The molecule has 0 saturated carbocycles. The molecule has 0 amide bonds. The van der Waals surface area contributed by atoms with Gasteiger partial charge in [-0.3, -0.25) is 0 Å². The van der Waals surface area contributed by atoms with Gasteiger partial charge in [-0.1, -0.05) is 6.07 Å². The van der Waals surface area contributed by atoms with Gasteiger partial charge in [0.25, 0.3) is 0 Å². The fourth-order valence-electron chi connectivity index (χ4n) is 2.22. The quantitative estimate of drug-likeness (QED) is 0.600. The maximum absolute atomic E-state index is 13.4. The van der Waals surface area contributed by atoms with E-state index in [1.807, 2.05) is 0 Å². The Labute approximate surface area is 159 Å². The predicted molar refractivity (Wildman–Crippen MR) is 103 cm³/mol. The molecule has 6 nitrogen and oxygen atoms in total. The van der Waals surface area contributed by atoms with Crippen LogP contribution in [-0.2, 0) is 9.47 Å². The van der Waals surface area contributed by atoms with E-state index in [0.717, 1.165) is 16.9 Å². The number of halogens is 1. The molecule has 1 aromatic carbocycles. The number of thiocarbonyl (C=S) groups is 1. The van der Waals surface area contributed by atoms with Gasteiger partial charge in [0, 0.05) is 5.69 Å². The number of aryl methyl sites for hydroxylation is 1. The Morgan fingerprint density at radius 3 is 2.38 bits per heavy atom. The van der Waals surface area contributed by atoms with Gasteiger partial charge in [-0.15, -0.1) is 11.3 Å². The molecule has 0 fully saturated rings. The molecular weight excluding hydrogens is 379 g/mol. The van der Waals surface area contributed by atoms with Crippen LogP contribution in [-0.4, -0.2) is 31.3 Å². The molecule has 0 spiro atoms. The van der Waals surface area contributed by atoms with E-state index in [-0.39, 0.29) is 15.6 Å². The molecule has 9 heteroatoms. The fourth-order valence-corrected chi connectivity index (χ4v) is 3.62. The largest absolute Gasteiger partial charge is 0.465 e. The number of carbonyl (C=O) groups excluding carboxylic acids is 2. The number of nitrogens with one attached hydrogen (secondary N) is 2. The Morgan fingerprint density at radius 1 is 1.12 bits per heavy atom. The summed E-state index contributed by atoms with van der Waals surface area (Å²) in [4.78, 5) is 24.2. The van der Waals surface area contributed by atoms with E-state index < -0.39 is 17.8 Å². The molecule has 0 atom stereocenters. The molecule has 0 aliphatic carbocycles. The SMILES string of the molecule is COC(=O)c1sc(NC(=S)Nc2cc(F)ccc2C)c(C(=O)OC)c1C. The van der Waals surface area contributed by atoms with Crippen molar-refractivity contribution in [2.75, 3.05) is 24.9 Å². The van der Waals surface area contributed by atoms with Crippen LogP contribution in [0, 0.1) is 19.7 Å². The summed E-state index contributed by atoms with van der Waals surface area (Å²) >= 11 is 6.26. The standard InChI is InChI=1S/C17H17FN2O4S2/c1-8-5-6-10(18)7-11(8)19-17(25)20-14-12(15(21)23-3)9(2)13(26-14)16(22)24-4/h5-7H,1-4H3,(H2,19,20,25). The van der Waals surface area contributed by atoms with E-state index in [9.17, 15) is 14.0 Å². The van der Waals surface area contributed by atoms with Crippen LogP contribution < -0.4 is 10.6 Å². The average molecular weight is 396 g/mol. The number of esters is 2. The Hall–Kier alpha value is -2.52. The van der Waals surface area contributed by atoms with Crippen LogP contribution >= 0.6 is 23.6 Å². The van der Waals surface area contributed by atoms with Crippen molar-refractivity contribution >= 4 is 51.3 Å². The van der Waals surface area contributed by atoms with Gasteiger partial charge in [0.15, 0.2) is 5.11 Å². The van der Waals surface area contributed by atoms with Crippen molar-refractivity contribution in [3.63, 3.8) is 0 Å². The molecule has 1 heterocycles. The van der Waals surface area contributed by atoms with Crippen LogP contribution in [0.4, 0.5) is 15.1 Å². The molecule has 26 heavy (non-hydrogen) atoms. The van der Waals surface area contributed by atoms with Crippen molar-refractivity contribution in [2.24, 2.45) is 0 Å². The van der Waals surface area contributed by atoms with Crippen LogP contribution in [0.1, 0.15) is 31.2 Å². The Morgan fingerprint density at radius 2 is 1.77 bits per heavy atom. The van der Waals surface area contributed by atoms with Crippen molar-refractivity contribution in [3.8, 4) is 0 Å². The minimum atomic E-state index is -0.610. The highest BCUT2D eigenvalue weighted by Crippen LogP contribution is 2.34. The Kier molecular flexibility index (Phi) is 6.27. The number of thiophene rings is 1. The summed E-state index contributed by atoms with van der Waals surface area (Å²) in [5.74, 6) is -1.58. The van der Waals surface area contributed by atoms with Crippen molar-refractivity contribution in [3.05, 3.63) is 45.6 Å². The number of ether oxygens (including phenoxy) is 2. The van der Waals surface area contributed by atoms with Crippen LogP contribution in [0.15, 0.2) is 18.2 Å². The number of carbonyl (C=O) groups is 2. The molecule has 0 bridgehead atoms. The zero-order valence-electron chi connectivity index (χ0n) is 14.6. The maximum atomic E-state index is 13.4. The van der Waals surface area contributed by atoms with E-state index in [4.69, 9.17) is 21.7 Å². The lowest BCUT2D eigenvalue weighted by Crippen LogP contribution is -2.20. The molecule has 2 N–H and O–H groups in total. The minimum Gasteiger partial charge on any atom is -0.465 e. The molecule has 2 rings (SSSR count). The third-order valence-corrected chi connectivity index (χ3v) is 4.97. The van der Waals surface area contributed by atoms with Gasteiger partial charge in [-0.05, 0) is 49.3 Å². The zero-order valence-corrected chi connectivity index (χ0v) is 16.2. The van der Waals surface area contributed by atoms with Gasteiger partial charge in [-0.25, -0.2) is 14.0 Å². The van der Waals surface area contributed by atoms with Crippen LogP contribution in [0.3, 0.4) is 0 Å². The molecule has 0 saturated heterocycles. The first kappa shape index (κ1) is 19.8. The summed E-state index contributed by atoms with van der Waals surface area (Å²) in [6.45, 7) is 3.42. The number of hydrogen-bond donors (Lipinski definition) is 2. The summed E-state index contributed by atoms with van der Waals surface area (Å²) in [6.07, 6.45) is 0. The molecule has 138 valence electrons. The van der Waals surface area contributed by atoms with Crippen molar-refractivity contribution in [2.45, 2.75) is 13.8 Å². The van der Waals surface area contributed by atoms with Crippen molar-refractivity contribution in [1.29, 1.82) is 0 Å². The monoisotopic (exact) mass is 396 g/mol. The highest BCUT2D eigenvalue weighted by molar-refractivity contribution is 7.80. The normalized spacial score (nSPS) is 10.2. The summed E-state index contributed by atoms with van der Waals surface area (Å²) in [6, 6.07) is 4.27. The third-order valence-electron chi connectivity index (χ3n) is 3.58. The lowest BCUT2D eigenvalue weighted by Gasteiger charge is -2.12. The summed E-state index contributed by atoms with van der Waals surface area (Å²) in [5, 5.41) is 6.22. The predicted octanol–water partition coefficient (Wildman–Crippen LogP) is 3.89. The van der Waals surface area contributed by atoms with Gasteiger partial charge in [0.05, 0.1) is 19.8 Å². The molecule has 2 aromatic rings. The second-order valence-corrected chi connectivity index (χ2v) is 6.71. The molecular formula is C17H17FN2O4S2. The summed E-state index contributed by atoms with van der Waals surface area (Å²) in [7, 11) is 2.50. The van der Waals surface area contributed by atoms with E-state index in [0.29, 0.717) is 16.3 Å². The van der Waals surface area contributed by atoms with E-state index in [1.165, 1.54) is 26.4 Å². The number of hydrogen-bond acceptors (Lipinski definition) is 6. The topological polar surface area (TPSA) is 76.7 Å². The van der Waals surface area contributed by atoms with Crippen molar-refractivity contribution in [1.82, 2.24) is 0 Å². The van der Waals surface area contributed by atoms with E-state index in [1.54, 1.807) is 19.9 Å². The lowest BCUT2D eigenvalue weighted by molar-refractivity contribution is 0.0601. The smallest absolute Gasteiger partial charge is 0.348 e. The molecule has 1 aromatic heterocycles. The second kappa shape index (κ2) is 8.24. The Bertz CT molecular complexity index is 880. The fraction of sp³-hybridized carbons (Fsp3) is 0.235. The van der Waals surface area contributed by atoms with Crippen LogP contribution in [0.25, 0.3) is 0 Å². The third kappa shape index (κ3) is 4.17. The highest BCUT2D eigenvalue weighted by Gasteiger charge is 2.26. The first-order chi connectivity index (χ1) is 12.3. The zero-order chi connectivity index (χ0) is 19.4. The van der Waals surface area contributed by atoms with E-state index >= 15 is 0 Å². The number of rotatable bonds is 4. The van der Waals surface area contributed by atoms with E-state index in [2.05, 4.69) is 10.6 Å².